The average molecular weight is 364 g/mol. The Bertz CT molecular complexity index is 948. The lowest BCUT2D eigenvalue weighted by molar-refractivity contribution is -0.121. The quantitative estimate of drug-likeness (QED) is 0.606. The molecule has 0 bridgehead atoms. The van der Waals surface area contributed by atoms with E-state index >= 15 is 0 Å². The van der Waals surface area contributed by atoms with E-state index in [4.69, 9.17) is 4.74 Å². The third-order valence-electron chi connectivity index (χ3n) is 4.14. The Morgan fingerprint density at radius 1 is 1.07 bits per heavy atom. The zero-order valence-electron chi connectivity index (χ0n) is 15.1. The Balaban J connectivity index is 1.57. The van der Waals surface area contributed by atoms with Gasteiger partial charge in [0.2, 0.25) is 5.91 Å². The van der Waals surface area contributed by atoms with Gasteiger partial charge in [0, 0.05) is 5.56 Å². The highest BCUT2D eigenvalue weighted by molar-refractivity contribution is 5.94. The van der Waals surface area contributed by atoms with E-state index in [9.17, 15) is 9.59 Å². The molecule has 0 saturated carbocycles. The molecular weight excluding hydrogens is 344 g/mol. The van der Waals surface area contributed by atoms with Gasteiger partial charge in [0.1, 0.15) is 11.4 Å². The summed E-state index contributed by atoms with van der Waals surface area (Å²) < 4.78 is 5.12. The van der Waals surface area contributed by atoms with E-state index in [1.54, 1.807) is 13.2 Å². The summed E-state index contributed by atoms with van der Waals surface area (Å²) in [6.45, 7) is 1.94. The number of carbonyl (C=O) groups excluding carboxylic acids is 2. The van der Waals surface area contributed by atoms with Crippen LogP contribution in [0.4, 0.5) is 0 Å². The number of nitrogens with zero attached hydrogens (tertiary/aromatic N) is 1. The highest BCUT2D eigenvalue weighted by Crippen LogP contribution is 2.21. The second-order valence-corrected chi connectivity index (χ2v) is 6.00. The van der Waals surface area contributed by atoms with Crippen LogP contribution in [0.3, 0.4) is 0 Å². The molecule has 0 radical (unpaired) electrons. The summed E-state index contributed by atoms with van der Waals surface area (Å²) >= 11 is 0. The van der Waals surface area contributed by atoms with E-state index < -0.39 is 5.91 Å². The smallest absolute Gasteiger partial charge is 0.287 e. The molecule has 7 heteroatoms. The molecule has 3 aromatic rings. The van der Waals surface area contributed by atoms with Crippen LogP contribution in [0.1, 0.15) is 21.6 Å². The summed E-state index contributed by atoms with van der Waals surface area (Å²) in [4.78, 5) is 24.2. The molecule has 7 nitrogen and oxygen atoms in total. The first-order chi connectivity index (χ1) is 13.1. The zero-order chi connectivity index (χ0) is 19.2. The largest absolute Gasteiger partial charge is 0.497 e. The lowest BCUT2D eigenvalue weighted by Crippen LogP contribution is -2.42. The fourth-order valence-corrected chi connectivity index (χ4v) is 2.57. The third kappa shape index (κ3) is 4.52. The van der Waals surface area contributed by atoms with Crippen LogP contribution in [0.2, 0.25) is 0 Å². The Morgan fingerprint density at radius 2 is 1.81 bits per heavy atom. The number of aryl methyl sites for hydroxylation is 1. The van der Waals surface area contributed by atoms with E-state index in [1.807, 2.05) is 55.5 Å². The molecule has 27 heavy (non-hydrogen) atoms. The van der Waals surface area contributed by atoms with Gasteiger partial charge in [0.05, 0.1) is 19.2 Å². The summed E-state index contributed by atoms with van der Waals surface area (Å²) in [7, 11) is 1.60. The Hall–Kier alpha value is -3.61. The van der Waals surface area contributed by atoms with Gasteiger partial charge in [-0.1, -0.05) is 24.3 Å². The summed E-state index contributed by atoms with van der Waals surface area (Å²) in [6, 6.07) is 16.5. The average Bonchev–Trinajstić information content (AvgIpc) is 3.18. The maximum atomic E-state index is 12.2. The number of benzene rings is 2. The van der Waals surface area contributed by atoms with Crippen molar-refractivity contribution in [2.24, 2.45) is 0 Å². The molecule has 2 aromatic carbocycles. The topological polar surface area (TPSA) is 96.1 Å². The van der Waals surface area contributed by atoms with Crippen molar-refractivity contribution < 1.29 is 14.3 Å². The summed E-state index contributed by atoms with van der Waals surface area (Å²) in [5, 5.41) is 6.80. The zero-order valence-corrected chi connectivity index (χ0v) is 15.1. The predicted octanol–water partition coefficient (Wildman–Crippen LogP) is 2.40. The molecule has 0 unspecified atom stereocenters. The molecule has 0 saturated heterocycles. The number of hydrazine groups is 1. The normalized spacial score (nSPS) is 10.3. The van der Waals surface area contributed by atoms with Crippen molar-refractivity contribution in [1.82, 2.24) is 21.0 Å². The molecule has 0 spiro atoms. The fourth-order valence-electron chi connectivity index (χ4n) is 2.57. The molecule has 3 N–H and O–H groups in total. The van der Waals surface area contributed by atoms with E-state index in [0.29, 0.717) is 5.69 Å². The number of rotatable bonds is 5. The number of H-pyrrole nitrogens is 1. The fraction of sp³-hybridized carbons (Fsp3) is 0.150. The van der Waals surface area contributed by atoms with E-state index in [0.717, 1.165) is 22.4 Å². The van der Waals surface area contributed by atoms with Crippen molar-refractivity contribution in [2.75, 3.05) is 7.11 Å². The van der Waals surface area contributed by atoms with E-state index in [1.165, 1.54) is 0 Å². The first-order valence-corrected chi connectivity index (χ1v) is 8.40. The number of hydrogen-bond acceptors (Lipinski definition) is 4. The molecular formula is C20H20N4O3. The standard InChI is InChI=1S/C20H20N4O3/c1-13-5-3-4-6-15(13)11-19(25)23-24-20(26)18-12-17(21-22-18)14-7-9-16(27-2)10-8-14/h3-10,12H,11H2,1-2H3,(H,21,22)(H,23,25)(H,24,26). The minimum atomic E-state index is -0.472. The number of hydrogen-bond donors (Lipinski definition) is 3. The van der Waals surface area contributed by atoms with Crippen molar-refractivity contribution in [1.29, 1.82) is 0 Å². The van der Waals surface area contributed by atoms with Crippen LogP contribution < -0.4 is 15.6 Å². The molecule has 1 aromatic heterocycles. The maximum Gasteiger partial charge on any atom is 0.287 e. The lowest BCUT2D eigenvalue weighted by atomic mass is 10.1. The van der Waals surface area contributed by atoms with Gasteiger partial charge in [0.15, 0.2) is 0 Å². The number of aromatic amines is 1. The monoisotopic (exact) mass is 364 g/mol. The molecule has 0 fully saturated rings. The van der Waals surface area contributed by atoms with Gasteiger partial charge in [-0.25, -0.2) is 0 Å². The third-order valence-corrected chi connectivity index (χ3v) is 4.14. The number of nitrogens with one attached hydrogen (secondary N) is 3. The van der Waals surface area contributed by atoms with Crippen molar-refractivity contribution in [2.45, 2.75) is 13.3 Å². The Kier molecular flexibility index (Phi) is 5.51. The van der Waals surface area contributed by atoms with Crippen LogP contribution in [0.15, 0.2) is 54.6 Å². The minimum Gasteiger partial charge on any atom is -0.497 e. The van der Waals surface area contributed by atoms with Crippen LogP contribution in [0, 0.1) is 6.92 Å². The molecule has 1 heterocycles. The maximum absolute atomic E-state index is 12.2. The molecule has 3 rings (SSSR count). The predicted molar refractivity (Wildman–Crippen MR) is 101 cm³/mol. The lowest BCUT2D eigenvalue weighted by Gasteiger charge is -2.07. The molecule has 2 amide bonds. The van der Waals surface area contributed by atoms with Crippen molar-refractivity contribution >= 4 is 11.8 Å². The highest BCUT2D eigenvalue weighted by Gasteiger charge is 2.12. The molecule has 0 aliphatic carbocycles. The van der Waals surface area contributed by atoms with Gasteiger partial charge in [-0.2, -0.15) is 5.10 Å². The van der Waals surface area contributed by atoms with E-state index in [-0.39, 0.29) is 18.0 Å². The Morgan fingerprint density at radius 3 is 2.52 bits per heavy atom. The Labute approximate surface area is 156 Å². The second kappa shape index (κ2) is 8.18. The van der Waals surface area contributed by atoms with Gasteiger partial charge in [-0.3, -0.25) is 25.5 Å². The number of methoxy groups -OCH3 is 1. The first-order valence-electron chi connectivity index (χ1n) is 8.40. The minimum absolute atomic E-state index is 0.188. The number of amides is 2. The summed E-state index contributed by atoms with van der Waals surface area (Å²) in [5.41, 5.74) is 8.45. The van der Waals surface area contributed by atoms with Crippen LogP contribution in [-0.2, 0) is 11.2 Å². The second-order valence-electron chi connectivity index (χ2n) is 6.00. The number of ether oxygens (including phenoxy) is 1. The molecule has 0 aliphatic heterocycles. The van der Waals surface area contributed by atoms with Gasteiger partial charge < -0.3 is 4.74 Å². The van der Waals surface area contributed by atoms with Crippen molar-refractivity contribution in [3.63, 3.8) is 0 Å². The summed E-state index contributed by atoms with van der Waals surface area (Å²) in [6.07, 6.45) is 0.188. The molecule has 0 atom stereocenters. The van der Waals surface area contributed by atoms with Gasteiger partial charge in [-0.15, -0.1) is 0 Å². The van der Waals surface area contributed by atoms with Crippen LogP contribution in [0.25, 0.3) is 11.3 Å². The van der Waals surface area contributed by atoms with Gasteiger partial charge in [-0.05, 0) is 48.4 Å². The number of aromatic nitrogens is 2. The number of carbonyl (C=O) groups is 2. The van der Waals surface area contributed by atoms with Crippen LogP contribution >= 0.6 is 0 Å². The van der Waals surface area contributed by atoms with E-state index in [2.05, 4.69) is 21.0 Å². The SMILES string of the molecule is COc1ccc(-c2cc(C(=O)NNC(=O)Cc3ccccc3C)[nH]n2)cc1. The summed E-state index contributed by atoms with van der Waals surface area (Å²) in [5.74, 6) is -0.0310. The first kappa shape index (κ1) is 18.2. The van der Waals surface area contributed by atoms with Crippen molar-refractivity contribution in [3.8, 4) is 17.0 Å². The van der Waals surface area contributed by atoms with Gasteiger partial charge >= 0.3 is 0 Å². The molecule has 138 valence electrons. The van der Waals surface area contributed by atoms with Gasteiger partial charge in [0.25, 0.3) is 5.91 Å². The van der Waals surface area contributed by atoms with Crippen molar-refractivity contribution in [3.05, 3.63) is 71.4 Å². The van der Waals surface area contributed by atoms with Crippen LogP contribution in [-0.4, -0.2) is 29.1 Å². The van der Waals surface area contributed by atoms with Crippen LogP contribution in [0.5, 0.6) is 5.75 Å². The highest BCUT2D eigenvalue weighted by atomic mass is 16.5. The molecule has 0 aliphatic rings.